The van der Waals surface area contributed by atoms with Gasteiger partial charge >= 0.3 is 0 Å². The fourth-order valence-corrected chi connectivity index (χ4v) is 1.66. The van der Waals surface area contributed by atoms with Gasteiger partial charge in [0, 0.05) is 6.54 Å². The van der Waals surface area contributed by atoms with E-state index in [2.05, 4.69) is 31.7 Å². The van der Waals surface area contributed by atoms with Crippen LogP contribution in [0.2, 0.25) is 0 Å². The van der Waals surface area contributed by atoms with E-state index >= 15 is 0 Å². The number of hydrogen-bond donors (Lipinski definition) is 1. The van der Waals surface area contributed by atoms with E-state index in [1.165, 1.54) is 32.1 Å². The van der Waals surface area contributed by atoms with Gasteiger partial charge in [-0.05, 0) is 24.5 Å². The van der Waals surface area contributed by atoms with Crippen molar-refractivity contribution in [3.63, 3.8) is 0 Å². The summed E-state index contributed by atoms with van der Waals surface area (Å²) >= 11 is 1.72. The average Bonchev–Trinajstić information content (AvgIpc) is 2.01. The van der Waals surface area contributed by atoms with Gasteiger partial charge in [0.1, 0.15) is 0 Å². The van der Waals surface area contributed by atoms with Crippen molar-refractivity contribution in [3.8, 4) is 0 Å². The van der Waals surface area contributed by atoms with Crippen molar-refractivity contribution in [2.24, 2.45) is 5.41 Å². The first-order valence-electron chi connectivity index (χ1n) is 5.32. The molecule has 0 spiro atoms. The Labute approximate surface area is 88.2 Å². The van der Waals surface area contributed by atoms with Gasteiger partial charge in [0.15, 0.2) is 0 Å². The van der Waals surface area contributed by atoms with Crippen LogP contribution in [0, 0.1) is 5.41 Å². The fraction of sp³-hybridized carbons (Fsp3) is 1.00. The van der Waals surface area contributed by atoms with Crippen LogP contribution in [-0.4, -0.2) is 12.8 Å². The predicted molar refractivity (Wildman–Crippen MR) is 64.1 cm³/mol. The maximum atomic E-state index is 3.27. The average molecular weight is 203 g/mol. The lowest BCUT2D eigenvalue weighted by molar-refractivity contribution is 0.357. The van der Waals surface area contributed by atoms with Gasteiger partial charge in [-0.25, -0.2) is 0 Å². The van der Waals surface area contributed by atoms with Gasteiger partial charge in [-0.3, -0.25) is 4.72 Å². The lowest BCUT2D eigenvalue weighted by Crippen LogP contribution is -2.05. The Kier molecular flexibility index (Phi) is 7.87. The van der Waals surface area contributed by atoms with E-state index in [0.29, 0.717) is 5.41 Å². The molecule has 0 aliphatic heterocycles. The normalized spacial score (nSPS) is 12.0. The van der Waals surface area contributed by atoms with Crippen LogP contribution in [0.15, 0.2) is 0 Å². The molecule has 13 heavy (non-hydrogen) atoms. The van der Waals surface area contributed by atoms with Gasteiger partial charge in [0.05, 0.1) is 0 Å². The Balaban J connectivity index is 3.00. The molecule has 0 aliphatic rings. The zero-order valence-electron chi connectivity index (χ0n) is 9.65. The van der Waals surface area contributed by atoms with Gasteiger partial charge in [-0.2, -0.15) is 0 Å². The van der Waals surface area contributed by atoms with E-state index in [9.17, 15) is 0 Å². The highest BCUT2D eigenvalue weighted by Gasteiger charge is 2.08. The van der Waals surface area contributed by atoms with Crippen molar-refractivity contribution in [1.82, 2.24) is 4.72 Å². The summed E-state index contributed by atoms with van der Waals surface area (Å²) in [4.78, 5) is 0. The molecule has 0 atom stereocenters. The fourth-order valence-electron chi connectivity index (χ4n) is 1.31. The molecule has 80 valence electrons. The maximum Gasteiger partial charge on any atom is 0.00584 e. The van der Waals surface area contributed by atoms with Crippen molar-refractivity contribution in [3.05, 3.63) is 0 Å². The maximum absolute atomic E-state index is 3.27. The van der Waals surface area contributed by atoms with Gasteiger partial charge in [0.2, 0.25) is 0 Å². The van der Waals surface area contributed by atoms with E-state index in [4.69, 9.17) is 0 Å². The molecular weight excluding hydrogens is 178 g/mol. The second-order valence-corrected chi connectivity index (χ2v) is 5.52. The minimum atomic E-state index is 0.525. The highest BCUT2D eigenvalue weighted by Crippen LogP contribution is 2.22. The Morgan fingerprint density at radius 3 is 2.15 bits per heavy atom. The van der Waals surface area contributed by atoms with Crippen molar-refractivity contribution < 1.29 is 0 Å². The molecule has 0 heterocycles. The molecule has 0 rings (SSSR count). The van der Waals surface area contributed by atoms with Crippen LogP contribution in [0.1, 0.15) is 52.9 Å². The second kappa shape index (κ2) is 7.69. The Hall–Kier alpha value is 0.310. The van der Waals surface area contributed by atoms with E-state index in [1.54, 1.807) is 11.9 Å². The first-order chi connectivity index (χ1) is 6.06. The summed E-state index contributed by atoms with van der Waals surface area (Å²) in [6, 6.07) is 0. The topological polar surface area (TPSA) is 12.0 Å². The molecule has 0 radical (unpaired) electrons. The highest BCUT2D eigenvalue weighted by atomic mass is 32.2. The zero-order chi connectivity index (χ0) is 10.2. The van der Waals surface area contributed by atoms with E-state index in [1.807, 2.05) is 0 Å². The summed E-state index contributed by atoms with van der Waals surface area (Å²) in [6.07, 6.45) is 8.94. The van der Waals surface area contributed by atoms with Crippen LogP contribution in [-0.2, 0) is 0 Å². The third kappa shape index (κ3) is 12.3. The first-order valence-corrected chi connectivity index (χ1v) is 6.54. The summed E-state index contributed by atoms with van der Waals surface area (Å²) < 4.78 is 3.27. The van der Waals surface area contributed by atoms with Crippen LogP contribution in [0.25, 0.3) is 0 Å². The van der Waals surface area contributed by atoms with E-state index in [-0.39, 0.29) is 0 Å². The largest absolute Gasteiger partial charge is 0.264 e. The number of hydrogen-bond acceptors (Lipinski definition) is 2. The molecular formula is C11H25NS. The summed E-state index contributed by atoms with van der Waals surface area (Å²) in [5.74, 6) is 0. The summed E-state index contributed by atoms with van der Waals surface area (Å²) in [5, 5.41) is 0. The quantitative estimate of drug-likeness (QED) is 0.498. The zero-order valence-corrected chi connectivity index (χ0v) is 10.5. The number of rotatable bonds is 7. The third-order valence-electron chi connectivity index (χ3n) is 2.10. The number of nitrogens with one attached hydrogen (secondary N) is 1. The van der Waals surface area contributed by atoms with Gasteiger partial charge < -0.3 is 0 Å². The molecule has 1 N–H and O–H groups in total. The van der Waals surface area contributed by atoms with Gasteiger partial charge in [-0.1, -0.05) is 52.0 Å². The lowest BCUT2D eigenvalue weighted by atomic mass is 9.89. The van der Waals surface area contributed by atoms with Crippen LogP contribution in [0.3, 0.4) is 0 Å². The molecule has 2 heteroatoms. The molecule has 0 saturated heterocycles. The van der Waals surface area contributed by atoms with Crippen LogP contribution in [0.5, 0.6) is 0 Å². The Morgan fingerprint density at radius 2 is 1.62 bits per heavy atom. The predicted octanol–water partition coefficient (Wildman–Crippen LogP) is 3.85. The molecule has 0 aromatic heterocycles. The molecule has 0 bridgehead atoms. The molecule has 0 aromatic rings. The standard InChI is InChI=1S/C11H25NS/c1-11(2,3)9-7-5-6-8-10-12-13-4/h12H,5-10H2,1-4H3. The minimum Gasteiger partial charge on any atom is -0.264 e. The highest BCUT2D eigenvalue weighted by molar-refractivity contribution is 7.96. The SMILES string of the molecule is CSNCCCCCCC(C)(C)C. The van der Waals surface area contributed by atoms with Crippen molar-refractivity contribution in [2.45, 2.75) is 52.9 Å². The third-order valence-corrected chi connectivity index (χ3v) is 2.59. The van der Waals surface area contributed by atoms with E-state index in [0.717, 1.165) is 6.54 Å². The smallest absolute Gasteiger partial charge is 0.00584 e. The molecule has 0 saturated carbocycles. The molecule has 0 aliphatic carbocycles. The van der Waals surface area contributed by atoms with Crippen molar-refractivity contribution in [2.75, 3.05) is 12.8 Å². The summed E-state index contributed by atoms with van der Waals surface area (Å²) in [5.41, 5.74) is 0.525. The summed E-state index contributed by atoms with van der Waals surface area (Å²) in [7, 11) is 0. The van der Waals surface area contributed by atoms with Crippen LogP contribution in [0.4, 0.5) is 0 Å². The van der Waals surface area contributed by atoms with Crippen LogP contribution < -0.4 is 4.72 Å². The molecule has 0 unspecified atom stereocenters. The summed E-state index contributed by atoms with van der Waals surface area (Å²) in [6.45, 7) is 8.13. The van der Waals surface area contributed by atoms with E-state index < -0.39 is 0 Å². The molecule has 0 fully saturated rings. The van der Waals surface area contributed by atoms with Gasteiger partial charge in [-0.15, -0.1) is 0 Å². The molecule has 0 aromatic carbocycles. The minimum absolute atomic E-state index is 0.525. The Bertz CT molecular complexity index is 107. The Morgan fingerprint density at radius 1 is 1.00 bits per heavy atom. The molecule has 1 nitrogen and oxygen atoms in total. The van der Waals surface area contributed by atoms with Crippen LogP contribution >= 0.6 is 11.9 Å². The monoisotopic (exact) mass is 203 g/mol. The van der Waals surface area contributed by atoms with Gasteiger partial charge in [0.25, 0.3) is 0 Å². The first kappa shape index (κ1) is 13.3. The van der Waals surface area contributed by atoms with Crippen molar-refractivity contribution >= 4 is 11.9 Å². The number of unbranched alkanes of at least 4 members (excludes halogenated alkanes) is 3. The lowest BCUT2D eigenvalue weighted by Gasteiger charge is -2.17. The molecule has 0 amide bonds. The second-order valence-electron chi connectivity index (χ2n) is 4.82. The van der Waals surface area contributed by atoms with Crippen molar-refractivity contribution in [1.29, 1.82) is 0 Å².